The molecule has 21 heavy (non-hydrogen) atoms. The van der Waals surface area contributed by atoms with E-state index in [9.17, 15) is 4.79 Å². The zero-order valence-corrected chi connectivity index (χ0v) is 14.0. The van der Waals surface area contributed by atoms with Crippen LogP contribution >= 0.6 is 0 Å². The van der Waals surface area contributed by atoms with Gasteiger partial charge in [0.05, 0.1) is 0 Å². The maximum Gasteiger partial charge on any atom is 0.225 e. The van der Waals surface area contributed by atoms with Gasteiger partial charge in [-0.3, -0.25) is 4.79 Å². The van der Waals surface area contributed by atoms with E-state index in [2.05, 4.69) is 31.0 Å². The molecule has 1 saturated heterocycles. The van der Waals surface area contributed by atoms with Crippen LogP contribution in [-0.4, -0.2) is 36.0 Å². The number of hydrogen-bond acceptors (Lipinski definition) is 2. The number of rotatable bonds is 3. The van der Waals surface area contributed by atoms with Crippen LogP contribution in [0.15, 0.2) is 0 Å². The van der Waals surface area contributed by atoms with Crippen LogP contribution in [0.4, 0.5) is 0 Å². The normalized spacial score (nSPS) is 34.0. The summed E-state index contributed by atoms with van der Waals surface area (Å²) in [4.78, 5) is 14.2. The van der Waals surface area contributed by atoms with Crippen LogP contribution in [0.25, 0.3) is 0 Å². The minimum Gasteiger partial charge on any atom is -0.342 e. The summed E-state index contributed by atoms with van der Waals surface area (Å²) in [6.45, 7) is 9.16. The van der Waals surface area contributed by atoms with E-state index in [-0.39, 0.29) is 0 Å². The molecule has 0 bridgehead atoms. The molecule has 3 rings (SSSR count). The van der Waals surface area contributed by atoms with Gasteiger partial charge in [0.15, 0.2) is 0 Å². The number of hydrogen-bond donors (Lipinski definition) is 1. The molecule has 0 aromatic carbocycles. The molecule has 0 aromatic heterocycles. The first-order chi connectivity index (χ1) is 9.93. The molecule has 0 radical (unpaired) electrons. The van der Waals surface area contributed by atoms with Crippen LogP contribution < -0.4 is 5.32 Å². The van der Waals surface area contributed by atoms with Gasteiger partial charge in [0.1, 0.15) is 0 Å². The van der Waals surface area contributed by atoms with Crippen molar-refractivity contribution in [3.05, 3.63) is 0 Å². The molecule has 2 unspecified atom stereocenters. The van der Waals surface area contributed by atoms with E-state index in [0.717, 1.165) is 44.7 Å². The van der Waals surface area contributed by atoms with Gasteiger partial charge in [0, 0.05) is 31.1 Å². The molecule has 1 aliphatic heterocycles. The van der Waals surface area contributed by atoms with Crippen LogP contribution in [-0.2, 0) is 4.79 Å². The Labute approximate surface area is 129 Å². The van der Waals surface area contributed by atoms with Crippen molar-refractivity contribution in [2.24, 2.45) is 17.3 Å². The second-order valence-corrected chi connectivity index (χ2v) is 8.65. The largest absolute Gasteiger partial charge is 0.342 e. The minimum absolute atomic E-state index is 0.384. The summed E-state index contributed by atoms with van der Waals surface area (Å²) in [5.74, 6) is 1.65. The zero-order chi connectivity index (χ0) is 15.0. The standard InChI is InChI=1S/C18H32N2O/c1-13-10-16(12-18(2,3)11-13)19-15-6-8-20(9-7-15)17(21)14-4-5-14/h13-16,19H,4-12H2,1-3H3. The Bertz CT molecular complexity index is 381. The Kier molecular flexibility index (Phi) is 4.31. The first kappa shape index (κ1) is 15.3. The third-order valence-corrected chi connectivity index (χ3v) is 5.59. The highest BCUT2D eigenvalue weighted by molar-refractivity contribution is 5.81. The predicted molar refractivity (Wildman–Crippen MR) is 86.0 cm³/mol. The molecule has 1 amide bonds. The van der Waals surface area contributed by atoms with E-state index in [0.29, 0.717) is 29.3 Å². The average molecular weight is 292 g/mol. The highest BCUT2D eigenvalue weighted by atomic mass is 16.2. The number of carbonyl (C=O) groups excluding carboxylic acids is 1. The lowest BCUT2D eigenvalue weighted by atomic mass is 9.70. The summed E-state index contributed by atoms with van der Waals surface area (Å²) in [6.07, 6.45) is 8.54. The third-order valence-electron chi connectivity index (χ3n) is 5.59. The van der Waals surface area contributed by atoms with Gasteiger partial charge in [-0.25, -0.2) is 0 Å². The number of nitrogens with zero attached hydrogens (tertiary/aromatic N) is 1. The third kappa shape index (κ3) is 4.00. The van der Waals surface area contributed by atoms with Gasteiger partial charge in [0.2, 0.25) is 5.91 Å². The Morgan fingerprint density at radius 2 is 1.71 bits per heavy atom. The topological polar surface area (TPSA) is 32.3 Å². The molecule has 3 nitrogen and oxygen atoms in total. The predicted octanol–water partition coefficient (Wildman–Crippen LogP) is 3.19. The van der Waals surface area contributed by atoms with Gasteiger partial charge in [-0.05, 0) is 56.3 Å². The molecule has 2 saturated carbocycles. The Morgan fingerprint density at radius 1 is 1.05 bits per heavy atom. The summed E-state index contributed by atoms with van der Waals surface area (Å²) in [5, 5.41) is 3.91. The summed E-state index contributed by atoms with van der Waals surface area (Å²) in [7, 11) is 0. The monoisotopic (exact) mass is 292 g/mol. The minimum atomic E-state index is 0.384. The molecule has 3 aliphatic rings. The van der Waals surface area contributed by atoms with Crippen LogP contribution in [0, 0.1) is 17.3 Å². The average Bonchev–Trinajstić information content (AvgIpc) is 3.20. The number of likely N-dealkylation sites (tertiary alicyclic amines) is 1. The molecule has 3 heteroatoms. The van der Waals surface area contributed by atoms with Gasteiger partial charge in [-0.1, -0.05) is 20.8 Å². The molecule has 1 N–H and O–H groups in total. The fourth-order valence-corrected chi connectivity index (χ4v) is 4.66. The second-order valence-electron chi connectivity index (χ2n) is 8.65. The number of piperidine rings is 1. The smallest absolute Gasteiger partial charge is 0.225 e. The highest BCUT2D eigenvalue weighted by Crippen LogP contribution is 2.39. The van der Waals surface area contributed by atoms with Crippen molar-refractivity contribution >= 4 is 5.91 Å². The molecule has 1 heterocycles. The van der Waals surface area contributed by atoms with Crippen LogP contribution in [0.3, 0.4) is 0 Å². The maximum atomic E-state index is 12.1. The quantitative estimate of drug-likeness (QED) is 0.866. The van der Waals surface area contributed by atoms with Crippen molar-refractivity contribution in [2.75, 3.05) is 13.1 Å². The summed E-state index contributed by atoms with van der Waals surface area (Å²) >= 11 is 0. The van der Waals surface area contributed by atoms with Crippen molar-refractivity contribution in [2.45, 2.75) is 77.8 Å². The van der Waals surface area contributed by atoms with Gasteiger partial charge < -0.3 is 10.2 Å². The van der Waals surface area contributed by atoms with Gasteiger partial charge >= 0.3 is 0 Å². The Hall–Kier alpha value is -0.570. The fourth-order valence-electron chi connectivity index (χ4n) is 4.66. The van der Waals surface area contributed by atoms with Crippen molar-refractivity contribution in [1.82, 2.24) is 10.2 Å². The molecule has 0 spiro atoms. The first-order valence-electron chi connectivity index (χ1n) is 8.98. The van der Waals surface area contributed by atoms with E-state index in [1.54, 1.807) is 0 Å². The van der Waals surface area contributed by atoms with Crippen molar-refractivity contribution in [1.29, 1.82) is 0 Å². The van der Waals surface area contributed by atoms with Crippen molar-refractivity contribution in [3.8, 4) is 0 Å². The van der Waals surface area contributed by atoms with Crippen molar-refractivity contribution in [3.63, 3.8) is 0 Å². The fraction of sp³-hybridized carbons (Fsp3) is 0.944. The van der Waals surface area contributed by atoms with Crippen LogP contribution in [0.1, 0.15) is 65.7 Å². The van der Waals surface area contributed by atoms with E-state index in [1.165, 1.54) is 19.3 Å². The van der Waals surface area contributed by atoms with E-state index in [1.807, 2.05) is 0 Å². The first-order valence-corrected chi connectivity index (χ1v) is 8.98. The summed E-state index contributed by atoms with van der Waals surface area (Å²) in [6, 6.07) is 1.30. The molecule has 2 atom stereocenters. The van der Waals surface area contributed by atoms with Crippen molar-refractivity contribution < 1.29 is 4.79 Å². The van der Waals surface area contributed by atoms with Gasteiger partial charge in [0.25, 0.3) is 0 Å². The lowest BCUT2D eigenvalue weighted by Crippen LogP contribution is -2.50. The highest BCUT2D eigenvalue weighted by Gasteiger charge is 2.36. The second kappa shape index (κ2) is 5.91. The number of amides is 1. The molecule has 0 aromatic rings. The molecule has 2 aliphatic carbocycles. The van der Waals surface area contributed by atoms with E-state index >= 15 is 0 Å². The number of carbonyl (C=O) groups is 1. The summed E-state index contributed by atoms with van der Waals surface area (Å²) < 4.78 is 0. The SMILES string of the molecule is CC1CC(NC2CCN(C(=O)C3CC3)CC2)CC(C)(C)C1. The lowest BCUT2D eigenvalue weighted by molar-refractivity contribution is -0.133. The molecular formula is C18H32N2O. The van der Waals surface area contributed by atoms with Gasteiger partial charge in [-0.15, -0.1) is 0 Å². The van der Waals surface area contributed by atoms with E-state index in [4.69, 9.17) is 0 Å². The van der Waals surface area contributed by atoms with Crippen LogP contribution in [0.2, 0.25) is 0 Å². The molecular weight excluding hydrogens is 260 g/mol. The zero-order valence-electron chi connectivity index (χ0n) is 14.0. The number of nitrogens with one attached hydrogen (secondary N) is 1. The summed E-state index contributed by atoms with van der Waals surface area (Å²) in [5.41, 5.74) is 0.484. The van der Waals surface area contributed by atoms with Gasteiger partial charge in [-0.2, -0.15) is 0 Å². The molecule has 120 valence electrons. The van der Waals surface area contributed by atoms with E-state index < -0.39 is 0 Å². The Morgan fingerprint density at radius 3 is 2.29 bits per heavy atom. The maximum absolute atomic E-state index is 12.1. The lowest BCUT2D eigenvalue weighted by Gasteiger charge is -2.42. The Balaban J connectivity index is 1.45. The molecule has 3 fully saturated rings. The van der Waals surface area contributed by atoms with Crippen LogP contribution in [0.5, 0.6) is 0 Å².